The van der Waals surface area contributed by atoms with Crippen LogP contribution in [0.4, 0.5) is 0 Å². The van der Waals surface area contributed by atoms with Crippen molar-refractivity contribution < 1.29 is 33.6 Å². The Kier molecular flexibility index (Phi) is 8.98. The van der Waals surface area contributed by atoms with Crippen molar-refractivity contribution in [3.8, 4) is 17.2 Å². The predicted octanol–water partition coefficient (Wildman–Crippen LogP) is 4.73. The van der Waals surface area contributed by atoms with Gasteiger partial charge in [0, 0.05) is 19.2 Å². The fourth-order valence-electron chi connectivity index (χ4n) is 4.08. The van der Waals surface area contributed by atoms with Crippen LogP contribution in [0.25, 0.3) is 5.76 Å². The average molecular weight is 498 g/mol. The van der Waals surface area contributed by atoms with Crippen LogP contribution >= 0.6 is 0 Å². The first-order valence-corrected chi connectivity index (χ1v) is 12.2. The van der Waals surface area contributed by atoms with Gasteiger partial charge in [0.25, 0.3) is 11.7 Å². The zero-order valence-corrected chi connectivity index (χ0v) is 21.7. The summed E-state index contributed by atoms with van der Waals surface area (Å²) in [6, 6.07) is 11.2. The molecule has 1 atom stereocenters. The molecule has 0 spiro atoms. The number of amides is 1. The molecule has 0 saturated carbocycles. The van der Waals surface area contributed by atoms with Gasteiger partial charge in [0.15, 0.2) is 11.5 Å². The van der Waals surface area contributed by atoms with Crippen LogP contribution in [0.3, 0.4) is 0 Å². The van der Waals surface area contributed by atoms with Crippen LogP contribution in [0.5, 0.6) is 17.2 Å². The molecule has 0 radical (unpaired) electrons. The van der Waals surface area contributed by atoms with E-state index in [0.717, 1.165) is 0 Å². The summed E-state index contributed by atoms with van der Waals surface area (Å²) in [4.78, 5) is 27.6. The number of methoxy groups -OCH3 is 1. The van der Waals surface area contributed by atoms with Gasteiger partial charge in [0.2, 0.25) is 0 Å². The Morgan fingerprint density at radius 3 is 2.22 bits per heavy atom. The lowest BCUT2D eigenvalue weighted by atomic mass is 9.95. The second-order valence-corrected chi connectivity index (χ2v) is 8.98. The van der Waals surface area contributed by atoms with Gasteiger partial charge in [-0.25, -0.2) is 0 Å². The van der Waals surface area contributed by atoms with Crippen molar-refractivity contribution in [1.82, 2.24) is 4.90 Å². The van der Waals surface area contributed by atoms with Gasteiger partial charge in [-0.3, -0.25) is 9.59 Å². The highest BCUT2D eigenvalue weighted by Crippen LogP contribution is 2.42. The summed E-state index contributed by atoms with van der Waals surface area (Å²) in [6.45, 7) is 10.4. The summed E-state index contributed by atoms with van der Waals surface area (Å²) in [5.41, 5.74) is 1.03. The third kappa shape index (κ3) is 5.99. The Hall–Kier alpha value is -3.52. The second-order valence-electron chi connectivity index (χ2n) is 8.98. The zero-order chi connectivity index (χ0) is 26.4. The molecular weight excluding hydrogens is 462 g/mol. The van der Waals surface area contributed by atoms with Crippen molar-refractivity contribution in [1.29, 1.82) is 0 Å². The smallest absolute Gasteiger partial charge is 0.295 e. The van der Waals surface area contributed by atoms with Crippen LogP contribution in [0, 0.1) is 0 Å². The summed E-state index contributed by atoms with van der Waals surface area (Å²) in [7, 11) is 1.53. The number of rotatable bonds is 11. The van der Waals surface area contributed by atoms with E-state index in [2.05, 4.69) is 0 Å². The molecule has 194 valence electrons. The molecule has 3 rings (SSSR count). The van der Waals surface area contributed by atoms with E-state index in [0.29, 0.717) is 35.0 Å². The van der Waals surface area contributed by atoms with Gasteiger partial charge in [-0.05, 0) is 76.6 Å². The van der Waals surface area contributed by atoms with Crippen LogP contribution in [0.2, 0.25) is 0 Å². The van der Waals surface area contributed by atoms with Crippen molar-refractivity contribution in [3.63, 3.8) is 0 Å². The maximum atomic E-state index is 13.2. The number of carbonyl (C=O) groups is 2. The zero-order valence-electron chi connectivity index (χ0n) is 21.7. The molecule has 1 aliphatic heterocycles. The molecular formula is C28H35NO7. The predicted molar refractivity (Wildman–Crippen MR) is 136 cm³/mol. The van der Waals surface area contributed by atoms with Crippen LogP contribution < -0.4 is 14.2 Å². The number of aliphatic hydroxyl groups excluding tert-OH is 1. The molecule has 1 unspecified atom stereocenters. The molecule has 1 fully saturated rings. The highest BCUT2D eigenvalue weighted by Gasteiger charge is 2.46. The van der Waals surface area contributed by atoms with Gasteiger partial charge in [0.1, 0.15) is 11.5 Å². The van der Waals surface area contributed by atoms with E-state index in [-0.39, 0.29) is 36.7 Å². The van der Waals surface area contributed by atoms with Gasteiger partial charge >= 0.3 is 0 Å². The van der Waals surface area contributed by atoms with Crippen molar-refractivity contribution in [3.05, 3.63) is 59.2 Å². The summed E-state index contributed by atoms with van der Waals surface area (Å²) >= 11 is 0. The van der Waals surface area contributed by atoms with E-state index in [1.54, 1.807) is 42.5 Å². The number of hydrogen-bond donors (Lipinski definition) is 1. The average Bonchev–Trinajstić information content (AvgIpc) is 3.08. The standard InChI is InChI=1S/C28H35NO7/c1-7-34-23-16-20(10-13-22(23)36-18(4)5)25-24(27(31)28(32)29(25)14-15-33-6)26(30)19-8-11-21(12-9-19)35-17(2)3/h8-13,16-18,25,30H,7,14-15H2,1-6H3/b26-24+. The lowest BCUT2D eigenvalue weighted by Gasteiger charge is -2.26. The minimum Gasteiger partial charge on any atom is -0.507 e. The van der Waals surface area contributed by atoms with Gasteiger partial charge in [-0.15, -0.1) is 0 Å². The minimum atomic E-state index is -0.820. The first kappa shape index (κ1) is 27.1. The monoisotopic (exact) mass is 497 g/mol. The molecule has 0 bridgehead atoms. The number of likely N-dealkylation sites (tertiary alicyclic amines) is 1. The number of ether oxygens (including phenoxy) is 4. The third-order valence-electron chi connectivity index (χ3n) is 5.52. The van der Waals surface area contributed by atoms with Gasteiger partial charge in [0.05, 0.1) is 37.0 Å². The van der Waals surface area contributed by atoms with Gasteiger partial charge in [-0.2, -0.15) is 0 Å². The summed E-state index contributed by atoms with van der Waals surface area (Å²) < 4.78 is 22.5. The number of nitrogens with zero attached hydrogens (tertiary/aromatic N) is 1. The van der Waals surface area contributed by atoms with Crippen LogP contribution in [-0.2, 0) is 14.3 Å². The van der Waals surface area contributed by atoms with E-state index in [1.807, 2.05) is 34.6 Å². The molecule has 1 amide bonds. The van der Waals surface area contributed by atoms with Crippen molar-refractivity contribution in [2.75, 3.05) is 26.9 Å². The Morgan fingerprint density at radius 2 is 1.64 bits per heavy atom. The number of aliphatic hydroxyl groups is 1. The third-order valence-corrected chi connectivity index (χ3v) is 5.52. The molecule has 8 heteroatoms. The fourth-order valence-corrected chi connectivity index (χ4v) is 4.08. The Bertz CT molecular complexity index is 1110. The van der Waals surface area contributed by atoms with Gasteiger partial charge < -0.3 is 29.0 Å². The first-order valence-electron chi connectivity index (χ1n) is 12.2. The topological polar surface area (TPSA) is 94.5 Å². The maximum absolute atomic E-state index is 13.2. The minimum absolute atomic E-state index is 0.00209. The van der Waals surface area contributed by atoms with Crippen LogP contribution in [0.1, 0.15) is 51.8 Å². The molecule has 2 aromatic rings. The van der Waals surface area contributed by atoms with E-state index >= 15 is 0 Å². The number of carbonyl (C=O) groups excluding carboxylic acids is 2. The summed E-state index contributed by atoms with van der Waals surface area (Å²) in [6.07, 6.45) is -0.0669. The van der Waals surface area contributed by atoms with Crippen molar-refractivity contribution >= 4 is 17.4 Å². The number of benzene rings is 2. The number of Topliss-reactive ketones (excluding diaryl/α,β-unsaturated/α-hetero) is 1. The van der Waals surface area contributed by atoms with Crippen LogP contribution in [-0.4, -0.2) is 60.8 Å². The molecule has 8 nitrogen and oxygen atoms in total. The quantitative estimate of drug-likeness (QED) is 0.273. The normalized spacial score (nSPS) is 17.2. The molecule has 2 aromatic carbocycles. The van der Waals surface area contributed by atoms with Gasteiger partial charge in [-0.1, -0.05) is 6.07 Å². The Balaban J connectivity index is 2.12. The van der Waals surface area contributed by atoms with Crippen molar-refractivity contribution in [2.24, 2.45) is 0 Å². The molecule has 0 aliphatic carbocycles. The van der Waals surface area contributed by atoms with E-state index < -0.39 is 17.7 Å². The summed E-state index contributed by atoms with van der Waals surface area (Å²) in [5.74, 6) is -0.00706. The van der Waals surface area contributed by atoms with E-state index in [4.69, 9.17) is 18.9 Å². The number of ketones is 1. The second kappa shape index (κ2) is 11.9. The SMILES string of the molecule is CCOc1cc(C2/C(=C(\O)c3ccc(OC(C)C)cc3)C(=O)C(=O)N2CCOC)ccc1OC(C)C. The lowest BCUT2D eigenvalue weighted by molar-refractivity contribution is -0.140. The molecule has 0 aromatic heterocycles. The summed E-state index contributed by atoms with van der Waals surface area (Å²) in [5, 5.41) is 11.3. The Morgan fingerprint density at radius 1 is 0.972 bits per heavy atom. The first-order chi connectivity index (χ1) is 17.2. The largest absolute Gasteiger partial charge is 0.507 e. The maximum Gasteiger partial charge on any atom is 0.295 e. The molecule has 1 aliphatic rings. The molecule has 1 heterocycles. The molecule has 1 N–H and O–H groups in total. The van der Waals surface area contributed by atoms with Crippen molar-refractivity contribution in [2.45, 2.75) is 52.9 Å². The molecule has 36 heavy (non-hydrogen) atoms. The lowest BCUT2D eigenvalue weighted by Crippen LogP contribution is -2.32. The van der Waals surface area contributed by atoms with E-state index in [1.165, 1.54) is 12.0 Å². The van der Waals surface area contributed by atoms with E-state index in [9.17, 15) is 14.7 Å². The Labute approximate surface area is 212 Å². The number of hydrogen-bond acceptors (Lipinski definition) is 7. The molecule has 1 saturated heterocycles. The fraction of sp³-hybridized carbons (Fsp3) is 0.429. The highest BCUT2D eigenvalue weighted by molar-refractivity contribution is 6.46. The highest BCUT2D eigenvalue weighted by atomic mass is 16.5. The van der Waals surface area contributed by atoms with Crippen LogP contribution in [0.15, 0.2) is 48.0 Å².